The molecular formula is C25H16ClN3O3. The molecule has 32 heavy (non-hydrogen) atoms. The van der Waals surface area contributed by atoms with Gasteiger partial charge in [-0.2, -0.15) is 0 Å². The summed E-state index contributed by atoms with van der Waals surface area (Å²) in [5.41, 5.74) is 2.89. The number of hydrogen-bond acceptors (Lipinski definition) is 4. The Labute approximate surface area is 187 Å². The fraction of sp³-hybridized carbons (Fsp3) is 0.0400. The van der Waals surface area contributed by atoms with E-state index in [1.165, 1.54) is 10.9 Å². The number of aliphatic imine (C=N–C) groups is 1. The van der Waals surface area contributed by atoms with Crippen LogP contribution in [0.4, 0.5) is 5.69 Å². The van der Waals surface area contributed by atoms with Crippen LogP contribution in [0.1, 0.15) is 43.1 Å². The lowest BCUT2D eigenvalue weighted by atomic mass is 9.83. The van der Waals surface area contributed by atoms with Gasteiger partial charge in [0.2, 0.25) is 0 Å². The van der Waals surface area contributed by atoms with Gasteiger partial charge >= 0.3 is 0 Å². The molecule has 0 radical (unpaired) electrons. The van der Waals surface area contributed by atoms with Gasteiger partial charge in [-0.25, -0.2) is 4.68 Å². The van der Waals surface area contributed by atoms with Crippen LogP contribution in [0.25, 0.3) is 5.69 Å². The Morgan fingerprint density at radius 3 is 2.31 bits per heavy atom. The summed E-state index contributed by atoms with van der Waals surface area (Å²) in [4.78, 5) is 43.4. The first-order chi connectivity index (χ1) is 15.5. The molecule has 0 fully saturated rings. The van der Waals surface area contributed by atoms with Crippen LogP contribution in [-0.4, -0.2) is 27.6 Å². The third-order valence-corrected chi connectivity index (χ3v) is 5.68. The quantitative estimate of drug-likeness (QED) is 0.413. The van der Waals surface area contributed by atoms with Gasteiger partial charge in [-0.3, -0.25) is 24.5 Å². The van der Waals surface area contributed by atoms with Crippen molar-refractivity contribution in [2.24, 2.45) is 4.99 Å². The van der Waals surface area contributed by atoms with Crippen molar-refractivity contribution < 1.29 is 9.59 Å². The molecular weight excluding hydrogens is 426 g/mol. The zero-order valence-electron chi connectivity index (χ0n) is 16.9. The van der Waals surface area contributed by atoms with Crippen molar-refractivity contribution in [3.8, 4) is 5.69 Å². The highest BCUT2D eigenvalue weighted by atomic mass is 35.5. The molecule has 0 saturated carbocycles. The minimum absolute atomic E-state index is 0.214. The number of hydrogen-bond donors (Lipinski definition) is 1. The number of rotatable bonds is 3. The van der Waals surface area contributed by atoms with Crippen LogP contribution in [0.5, 0.6) is 0 Å². The lowest BCUT2D eigenvalue weighted by molar-refractivity contribution is 0.0979. The first kappa shape index (κ1) is 19.9. The van der Waals surface area contributed by atoms with Gasteiger partial charge in [-0.15, -0.1) is 0 Å². The summed E-state index contributed by atoms with van der Waals surface area (Å²) in [6.07, 6.45) is 1.42. The zero-order chi connectivity index (χ0) is 22.4. The standard InChI is InChI=1S/C25H16ClN3O3/c1-14-20(25(32)29(28-14)16-7-4-6-15(26)12-16)13-27-21-11-5-10-19-22(21)24(31)18-9-3-2-8-17(18)23(19)30/h2-13,28H,1H3. The fourth-order valence-corrected chi connectivity index (χ4v) is 4.06. The highest BCUT2D eigenvalue weighted by molar-refractivity contribution is 6.31. The van der Waals surface area contributed by atoms with Gasteiger partial charge in [0.15, 0.2) is 11.6 Å². The zero-order valence-corrected chi connectivity index (χ0v) is 17.7. The predicted molar refractivity (Wildman–Crippen MR) is 123 cm³/mol. The van der Waals surface area contributed by atoms with E-state index in [4.69, 9.17) is 11.6 Å². The average molecular weight is 442 g/mol. The molecule has 1 aromatic heterocycles. The van der Waals surface area contributed by atoms with Crippen LogP contribution >= 0.6 is 11.6 Å². The summed E-state index contributed by atoms with van der Waals surface area (Å²) in [6.45, 7) is 1.76. The topological polar surface area (TPSA) is 84.3 Å². The van der Waals surface area contributed by atoms with E-state index >= 15 is 0 Å². The highest BCUT2D eigenvalue weighted by Crippen LogP contribution is 2.33. The van der Waals surface area contributed by atoms with Crippen LogP contribution in [0.2, 0.25) is 5.02 Å². The van der Waals surface area contributed by atoms with Crippen molar-refractivity contribution >= 4 is 35.1 Å². The van der Waals surface area contributed by atoms with E-state index in [1.54, 1.807) is 73.7 Å². The number of H-pyrrole nitrogens is 1. The molecule has 4 aromatic rings. The van der Waals surface area contributed by atoms with Crippen LogP contribution in [-0.2, 0) is 0 Å². The summed E-state index contributed by atoms with van der Waals surface area (Å²) < 4.78 is 1.38. The number of carbonyl (C=O) groups excluding carboxylic acids is 2. The number of ketones is 2. The van der Waals surface area contributed by atoms with Gasteiger partial charge in [0, 0.05) is 33.6 Å². The molecule has 0 amide bonds. The predicted octanol–water partition coefficient (Wildman–Crippen LogP) is 4.65. The highest BCUT2D eigenvalue weighted by Gasteiger charge is 2.31. The van der Waals surface area contributed by atoms with E-state index in [0.717, 1.165) is 0 Å². The first-order valence-electron chi connectivity index (χ1n) is 9.89. The van der Waals surface area contributed by atoms with E-state index in [9.17, 15) is 14.4 Å². The lowest BCUT2D eigenvalue weighted by Gasteiger charge is -2.18. The number of fused-ring (bicyclic) bond motifs is 2. The normalized spacial score (nSPS) is 12.8. The third kappa shape index (κ3) is 3.13. The Morgan fingerprint density at radius 1 is 0.875 bits per heavy atom. The molecule has 1 heterocycles. The van der Waals surface area contributed by atoms with Gasteiger partial charge in [0.25, 0.3) is 5.56 Å². The maximum atomic E-state index is 13.1. The number of halogens is 1. The largest absolute Gasteiger partial charge is 0.295 e. The Hall–Kier alpha value is -4.03. The molecule has 5 rings (SSSR count). The third-order valence-electron chi connectivity index (χ3n) is 5.45. The molecule has 6 nitrogen and oxygen atoms in total. The molecule has 1 N–H and O–H groups in total. The van der Waals surface area contributed by atoms with Crippen LogP contribution in [0, 0.1) is 6.92 Å². The molecule has 1 aliphatic carbocycles. The second kappa shape index (κ2) is 7.59. The van der Waals surface area contributed by atoms with Crippen molar-refractivity contribution in [2.75, 3.05) is 0 Å². The number of carbonyl (C=O) groups is 2. The monoisotopic (exact) mass is 441 g/mol. The van der Waals surface area contributed by atoms with Crippen molar-refractivity contribution in [3.05, 3.63) is 116 Å². The SMILES string of the molecule is Cc1[nH]n(-c2cccc(Cl)c2)c(=O)c1C=Nc1cccc2c1C(=O)c1ccccc1C2=O. The van der Waals surface area contributed by atoms with Crippen LogP contribution in [0.3, 0.4) is 0 Å². The molecule has 0 bridgehead atoms. The Morgan fingerprint density at radius 2 is 1.56 bits per heavy atom. The van der Waals surface area contributed by atoms with Gasteiger partial charge in [-0.1, -0.05) is 54.1 Å². The van der Waals surface area contributed by atoms with Gasteiger partial charge < -0.3 is 0 Å². The number of aryl methyl sites for hydroxylation is 1. The summed E-state index contributed by atoms with van der Waals surface area (Å²) in [5, 5.41) is 3.53. The molecule has 0 atom stereocenters. The van der Waals surface area contributed by atoms with E-state index in [1.807, 2.05) is 0 Å². The molecule has 0 aliphatic heterocycles. The lowest BCUT2D eigenvalue weighted by Crippen LogP contribution is -2.20. The number of benzene rings is 3. The molecule has 156 valence electrons. The minimum Gasteiger partial charge on any atom is -0.295 e. The summed E-state index contributed by atoms with van der Waals surface area (Å²) in [5.74, 6) is -0.474. The summed E-state index contributed by atoms with van der Waals surface area (Å²) in [7, 11) is 0. The number of aromatic amines is 1. The first-order valence-corrected chi connectivity index (χ1v) is 10.3. The van der Waals surface area contributed by atoms with Crippen molar-refractivity contribution in [1.29, 1.82) is 0 Å². The molecule has 0 saturated heterocycles. The maximum absolute atomic E-state index is 13.1. The second-order valence-corrected chi connectivity index (χ2v) is 7.87. The van der Waals surface area contributed by atoms with E-state index in [-0.39, 0.29) is 22.7 Å². The molecule has 3 aromatic carbocycles. The smallest absolute Gasteiger partial charge is 0.280 e. The van der Waals surface area contributed by atoms with Crippen molar-refractivity contribution in [1.82, 2.24) is 9.78 Å². The average Bonchev–Trinajstić information content (AvgIpc) is 3.09. The van der Waals surface area contributed by atoms with Gasteiger partial charge in [0.1, 0.15) is 0 Å². The Kier molecular flexibility index (Phi) is 4.72. The van der Waals surface area contributed by atoms with Crippen LogP contribution < -0.4 is 5.56 Å². The molecule has 0 spiro atoms. The Balaban J connectivity index is 1.59. The minimum atomic E-state index is -0.300. The van der Waals surface area contributed by atoms with Crippen molar-refractivity contribution in [3.63, 3.8) is 0 Å². The molecule has 7 heteroatoms. The Bertz CT molecular complexity index is 1510. The van der Waals surface area contributed by atoms with Gasteiger partial charge in [-0.05, 0) is 31.2 Å². The summed E-state index contributed by atoms with van der Waals surface area (Å²) >= 11 is 6.05. The van der Waals surface area contributed by atoms with E-state index < -0.39 is 0 Å². The summed E-state index contributed by atoms with van der Waals surface area (Å²) in [6, 6.07) is 18.6. The second-order valence-electron chi connectivity index (χ2n) is 7.43. The number of nitrogens with one attached hydrogen (secondary N) is 1. The molecule has 1 aliphatic rings. The van der Waals surface area contributed by atoms with E-state index in [0.29, 0.717) is 44.3 Å². The number of aromatic nitrogens is 2. The fourth-order valence-electron chi connectivity index (χ4n) is 3.88. The number of nitrogens with zero attached hydrogens (tertiary/aromatic N) is 2. The maximum Gasteiger partial charge on any atom is 0.280 e. The molecule has 0 unspecified atom stereocenters. The van der Waals surface area contributed by atoms with E-state index in [2.05, 4.69) is 10.1 Å². The van der Waals surface area contributed by atoms with Crippen LogP contribution in [0.15, 0.2) is 76.5 Å². The van der Waals surface area contributed by atoms with Gasteiger partial charge in [0.05, 0.1) is 22.5 Å². The van der Waals surface area contributed by atoms with Crippen molar-refractivity contribution in [2.45, 2.75) is 6.92 Å².